The van der Waals surface area contributed by atoms with Gasteiger partial charge in [-0.3, -0.25) is 19.3 Å². The third-order valence-corrected chi connectivity index (χ3v) is 5.26. The Hall–Kier alpha value is -4.26. The largest absolute Gasteiger partial charge is 0.478 e. The van der Waals surface area contributed by atoms with Crippen molar-refractivity contribution in [1.29, 1.82) is 0 Å². The molecule has 0 saturated heterocycles. The topological polar surface area (TPSA) is 101 Å². The van der Waals surface area contributed by atoms with Gasteiger partial charge in [0.05, 0.1) is 29.2 Å². The third-order valence-electron chi connectivity index (χ3n) is 5.26. The van der Waals surface area contributed by atoms with Crippen molar-refractivity contribution in [2.24, 2.45) is 0 Å². The summed E-state index contributed by atoms with van der Waals surface area (Å²) in [4.78, 5) is 51.1. The van der Waals surface area contributed by atoms with Crippen LogP contribution in [0.2, 0.25) is 0 Å². The minimum absolute atomic E-state index is 0.00786. The fraction of sp³-hybridized carbons (Fsp3) is 0.120. The fourth-order valence-electron chi connectivity index (χ4n) is 3.66. The third kappa shape index (κ3) is 4.13. The number of carboxylic acids is 1. The van der Waals surface area contributed by atoms with Crippen molar-refractivity contribution >= 4 is 23.8 Å². The maximum atomic E-state index is 13.1. The SMILES string of the molecule is O=C(CC(c1ccccc1)N1C(=O)c2ccc(C(=O)O)cc2C1=O)OCc1ccccc1. The smallest absolute Gasteiger partial charge is 0.335 e. The summed E-state index contributed by atoms with van der Waals surface area (Å²) < 4.78 is 5.37. The molecule has 0 saturated carbocycles. The number of hydrogen-bond acceptors (Lipinski definition) is 5. The van der Waals surface area contributed by atoms with Gasteiger partial charge in [0.25, 0.3) is 11.8 Å². The number of imide groups is 1. The van der Waals surface area contributed by atoms with E-state index in [2.05, 4.69) is 0 Å². The number of carbonyl (C=O) groups excluding carboxylic acids is 3. The summed E-state index contributed by atoms with van der Waals surface area (Å²) in [5.74, 6) is -2.98. The number of esters is 1. The van der Waals surface area contributed by atoms with Gasteiger partial charge in [0, 0.05) is 0 Å². The molecule has 32 heavy (non-hydrogen) atoms. The van der Waals surface area contributed by atoms with Gasteiger partial charge >= 0.3 is 11.9 Å². The Morgan fingerprint density at radius 1 is 0.844 bits per heavy atom. The highest BCUT2D eigenvalue weighted by molar-refractivity contribution is 6.22. The van der Waals surface area contributed by atoms with E-state index < -0.39 is 29.8 Å². The summed E-state index contributed by atoms with van der Waals surface area (Å²) in [7, 11) is 0. The molecule has 1 atom stereocenters. The molecule has 0 spiro atoms. The van der Waals surface area contributed by atoms with E-state index in [1.165, 1.54) is 18.2 Å². The predicted octanol–water partition coefficient (Wildman–Crippen LogP) is 3.86. The number of aromatic carboxylic acids is 1. The van der Waals surface area contributed by atoms with Crippen LogP contribution >= 0.6 is 0 Å². The van der Waals surface area contributed by atoms with Crippen LogP contribution in [0.1, 0.15) is 54.7 Å². The summed E-state index contributed by atoms with van der Waals surface area (Å²) in [5.41, 5.74) is 1.44. The number of ether oxygens (including phenoxy) is 1. The molecule has 0 aliphatic carbocycles. The molecule has 2 amide bonds. The van der Waals surface area contributed by atoms with Gasteiger partial charge in [-0.2, -0.15) is 0 Å². The van der Waals surface area contributed by atoms with E-state index in [1.54, 1.807) is 30.3 Å². The van der Waals surface area contributed by atoms with Crippen LogP contribution in [0.3, 0.4) is 0 Å². The van der Waals surface area contributed by atoms with Gasteiger partial charge in [0.2, 0.25) is 0 Å². The van der Waals surface area contributed by atoms with Crippen molar-refractivity contribution in [3.63, 3.8) is 0 Å². The number of rotatable bonds is 7. The minimum atomic E-state index is -1.20. The number of hydrogen-bond donors (Lipinski definition) is 1. The van der Waals surface area contributed by atoms with E-state index in [1.807, 2.05) is 30.3 Å². The highest BCUT2D eigenvalue weighted by Gasteiger charge is 2.41. The molecule has 0 bridgehead atoms. The molecular formula is C25H19NO6. The van der Waals surface area contributed by atoms with E-state index in [0.29, 0.717) is 5.56 Å². The van der Waals surface area contributed by atoms with Crippen molar-refractivity contribution in [3.05, 3.63) is 107 Å². The minimum Gasteiger partial charge on any atom is -0.478 e. The molecule has 1 heterocycles. The van der Waals surface area contributed by atoms with Crippen LogP contribution in [0.4, 0.5) is 0 Å². The molecule has 4 rings (SSSR count). The zero-order valence-corrected chi connectivity index (χ0v) is 16.9. The van der Waals surface area contributed by atoms with Crippen LogP contribution < -0.4 is 0 Å². The summed E-state index contributed by atoms with van der Waals surface area (Å²) >= 11 is 0. The van der Waals surface area contributed by atoms with E-state index >= 15 is 0 Å². The van der Waals surface area contributed by atoms with Gasteiger partial charge in [-0.25, -0.2) is 4.79 Å². The van der Waals surface area contributed by atoms with Gasteiger partial charge in [-0.15, -0.1) is 0 Å². The quantitative estimate of drug-likeness (QED) is 0.452. The molecule has 0 radical (unpaired) electrons. The molecule has 160 valence electrons. The van der Waals surface area contributed by atoms with Crippen LogP contribution in [0.25, 0.3) is 0 Å². The Labute approximate surface area is 183 Å². The zero-order valence-electron chi connectivity index (χ0n) is 16.9. The van der Waals surface area contributed by atoms with E-state index in [0.717, 1.165) is 10.5 Å². The Morgan fingerprint density at radius 3 is 2.12 bits per heavy atom. The van der Waals surface area contributed by atoms with Crippen LogP contribution in [0.15, 0.2) is 78.9 Å². The summed E-state index contributed by atoms with van der Waals surface area (Å²) in [6, 6.07) is 20.8. The van der Waals surface area contributed by atoms with Gasteiger partial charge in [-0.05, 0) is 29.3 Å². The molecule has 1 unspecified atom stereocenters. The second-order valence-electron chi connectivity index (χ2n) is 7.32. The van der Waals surface area contributed by atoms with E-state index in [-0.39, 0.29) is 29.7 Å². The van der Waals surface area contributed by atoms with Crippen molar-refractivity contribution < 1.29 is 29.0 Å². The van der Waals surface area contributed by atoms with E-state index in [9.17, 15) is 24.3 Å². The number of fused-ring (bicyclic) bond motifs is 1. The highest BCUT2D eigenvalue weighted by Crippen LogP contribution is 2.34. The molecule has 1 aliphatic rings. The lowest BCUT2D eigenvalue weighted by atomic mass is 10.0. The molecule has 3 aromatic rings. The normalized spacial score (nSPS) is 13.6. The first kappa shape index (κ1) is 21.0. The van der Waals surface area contributed by atoms with Gasteiger partial charge < -0.3 is 9.84 Å². The van der Waals surface area contributed by atoms with Gasteiger partial charge in [0.1, 0.15) is 6.61 Å². The zero-order chi connectivity index (χ0) is 22.7. The molecule has 7 nitrogen and oxygen atoms in total. The second kappa shape index (κ2) is 8.85. The summed E-state index contributed by atoms with van der Waals surface area (Å²) in [6.07, 6.45) is -0.228. The number of carboxylic acid groups (broad SMARTS) is 1. The first-order chi connectivity index (χ1) is 15.5. The van der Waals surface area contributed by atoms with Crippen LogP contribution in [-0.4, -0.2) is 33.8 Å². The van der Waals surface area contributed by atoms with Crippen molar-refractivity contribution in [2.45, 2.75) is 19.1 Å². The van der Waals surface area contributed by atoms with Crippen LogP contribution in [0.5, 0.6) is 0 Å². The Balaban J connectivity index is 1.61. The molecule has 1 aliphatic heterocycles. The highest BCUT2D eigenvalue weighted by atomic mass is 16.5. The Kier molecular flexibility index (Phi) is 5.81. The number of benzene rings is 3. The van der Waals surface area contributed by atoms with E-state index in [4.69, 9.17) is 4.74 Å². The number of nitrogens with zero attached hydrogens (tertiary/aromatic N) is 1. The van der Waals surface area contributed by atoms with Gasteiger partial charge in [0.15, 0.2) is 0 Å². The van der Waals surface area contributed by atoms with Crippen molar-refractivity contribution in [2.75, 3.05) is 0 Å². The molecule has 3 aromatic carbocycles. The van der Waals surface area contributed by atoms with Crippen LogP contribution in [0, 0.1) is 0 Å². The second-order valence-corrected chi connectivity index (χ2v) is 7.32. The van der Waals surface area contributed by atoms with Crippen molar-refractivity contribution in [1.82, 2.24) is 4.90 Å². The fourth-order valence-corrected chi connectivity index (χ4v) is 3.66. The summed E-state index contributed by atoms with van der Waals surface area (Å²) in [6.45, 7) is 0.0747. The Morgan fingerprint density at radius 2 is 1.47 bits per heavy atom. The standard InChI is InChI=1S/C25H19NO6/c27-22(32-15-16-7-3-1-4-8-16)14-21(17-9-5-2-6-10-17)26-23(28)19-12-11-18(25(30)31)13-20(19)24(26)29/h1-13,21H,14-15H2,(H,30,31). The maximum Gasteiger partial charge on any atom is 0.335 e. The average molecular weight is 429 g/mol. The van der Waals surface area contributed by atoms with Crippen LogP contribution in [-0.2, 0) is 16.1 Å². The monoisotopic (exact) mass is 429 g/mol. The van der Waals surface area contributed by atoms with Gasteiger partial charge in [-0.1, -0.05) is 60.7 Å². The molecule has 7 heteroatoms. The number of amides is 2. The lowest BCUT2D eigenvalue weighted by Crippen LogP contribution is -2.35. The lowest BCUT2D eigenvalue weighted by molar-refractivity contribution is -0.146. The average Bonchev–Trinajstić information content (AvgIpc) is 3.06. The van der Waals surface area contributed by atoms with Crippen molar-refractivity contribution in [3.8, 4) is 0 Å². The number of carbonyl (C=O) groups is 4. The molecule has 1 N–H and O–H groups in total. The Bertz CT molecular complexity index is 1190. The predicted molar refractivity (Wildman–Crippen MR) is 114 cm³/mol. The first-order valence-electron chi connectivity index (χ1n) is 9.95. The molecule has 0 aromatic heterocycles. The molecule has 0 fully saturated rings. The summed E-state index contributed by atoms with van der Waals surface area (Å²) in [5, 5.41) is 9.22. The lowest BCUT2D eigenvalue weighted by Gasteiger charge is -2.26. The maximum absolute atomic E-state index is 13.1. The molecular weight excluding hydrogens is 410 g/mol. The first-order valence-corrected chi connectivity index (χ1v) is 9.95.